The van der Waals surface area contributed by atoms with E-state index in [4.69, 9.17) is 4.74 Å². The van der Waals surface area contributed by atoms with Crippen LogP contribution in [0, 0.1) is 0 Å². The maximum atomic E-state index is 11.8. The minimum atomic E-state index is -0.828. The van der Waals surface area contributed by atoms with Crippen molar-refractivity contribution in [1.82, 2.24) is 15.1 Å². The number of anilines is 1. The van der Waals surface area contributed by atoms with Crippen LogP contribution in [0.2, 0.25) is 0 Å². The highest BCUT2D eigenvalue weighted by Gasteiger charge is 2.31. The van der Waals surface area contributed by atoms with E-state index in [0.29, 0.717) is 5.01 Å². The van der Waals surface area contributed by atoms with Crippen molar-refractivity contribution >= 4 is 40.2 Å². The topological polar surface area (TPSA) is 119 Å². The SMILES string of the molecule is O=C(COC(=O)CN1C(=O)CCC1=O)Nc1nnc(-c2ccccc2)s1. The summed E-state index contributed by atoms with van der Waals surface area (Å²) in [5, 5.41) is 11.2. The minimum absolute atomic E-state index is 0.0907. The molecule has 0 spiro atoms. The number of nitrogens with one attached hydrogen (secondary N) is 1. The van der Waals surface area contributed by atoms with Crippen LogP contribution in [0.25, 0.3) is 10.6 Å². The van der Waals surface area contributed by atoms with Crippen LogP contribution in [-0.2, 0) is 23.9 Å². The number of aromatic nitrogens is 2. The smallest absolute Gasteiger partial charge is 0.326 e. The average Bonchev–Trinajstić information content (AvgIpc) is 3.23. The molecule has 3 rings (SSSR count). The third-order valence-corrected chi connectivity index (χ3v) is 4.39. The lowest BCUT2D eigenvalue weighted by Gasteiger charge is -2.12. The summed E-state index contributed by atoms with van der Waals surface area (Å²) in [6.07, 6.45) is 0.181. The third kappa shape index (κ3) is 4.28. The Bertz CT molecular complexity index is 835. The van der Waals surface area contributed by atoms with Gasteiger partial charge in [-0.05, 0) is 0 Å². The summed E-state index contributed by atoms with van der Waals surface area (Å²) < 4.78 is 4.79. The van der Waals surface area contributed by atoms with Gasteiger partial charge in [0.15, 0.2) is 6.61 Å². The van der Waals surface area contributed by atoms with E-state index < -0.39 is 36.8 Å². The van der Waals surface area contributed by atoms with E-state index in [1.54, 1.807) is 0 Å². The molecule has 1 aromatic carbocycles. The first-order valence-corrected chi connectivity index (χ1v) is 8.52. The first-order valence-electron chi connectivity index (χ1n) is 7.70. The van der Waals surface area contributed by atoms with E-state index >= 15 is 0 Å². The number of esters is 1. The summed E-state index contributed by atoms with van der Waals surface area (Å²) in [5.41, 5.74) is 0.872. The Hall–Kier alpha value is -3.14. The largest absolute Gasteiger partial charge is 0.454 e. The van der Waals surface area contributed by atoms with Crippen LogP contribution >= 0.6 is 11.3 Å². The number of rotatable bonds is 6. The van der Waals surface area contributed by atoms with Crippen molar-refractivity contribution in [1.29, 1.82) is 0 Å². The second-order valence-corrected chi connectivity index (χ2v) is 6.34. The van der Waals surface area contributed by atoms with E-state index in [0.717, 1.165) is 10.5 Å². The van der Waals surface area contributed by atoms with Crippen molar-refractivity contribution < 1.29 is 23.9 Å². The van der Waals surface area contributed by atoms with Crippen molar-refractivity contribution in [2.24, 2.45) is 0 Å². The molecule has 0 bridgehead atoms. The molecule has 1 fully saturated rings. The standard InChI is InChI=1S/C16H14N4O5S/c21-11(9-25-14(24)8-20-12(22)6-7-13(20)23)17-16-19-18-15(26-16)10-4-2-1-3-5-10/h1-5H,6-9H2,(H,17,19,21). The molecule has 1 aromatic heterocycles. The van der Waals surface area contributed by atoms with E-state index in [9.17, 15) is 19.2 Å². The Balaban J connectivity index is 1.47. The molecule has 1 N–H and O–H groups in total. The number of benzene rings is 1. The second kappa shape index (κ2) is 7.83. The molecule has 26 heavy (non-hydrogen) atoms. The minimum Gasteiger partial charge on any atom is -0.454 e. The summed E-state index contributed by atoms with van der Waals surface area (Å²) in [7, 11) is 0. The maximum Gasteiger partial charge on any atom is 0.326 e. The lowest BCUT2D eigenvalue weighted by atomic mass is 10.2. The van der Waals surface area contributed by atoms with Gasteiger partial charge in [0.1, 0.15) is 11.6 Å². The molecule has 0 radical (unpaired) electrons. The molecule has 0 atom stereocenters. The summed E-state index contributed by atoms with van der Waals surface area (Å²) in [6.45, 7) is -1.03. The number of carbonyl (C=O) groups excluding carboxylic acids is 4. The van der Waals surface area contributed by atoms with Gasteiger partial charge in [0.05, 0.1) is 0 Å². The van der Waals surface area contributed by atoms with E-state index in [1.807, 2.05) is 30.3 Å². The first-order chi connectivity index (χ1) is 12.5. The van der Waals surface area contributed by atoms with Gasteiger partial charge in [0.2, 0.25) is 16.9 Å². The Morgan fingerprint density at radius 2 is 1.81 bits per heavy atom. The van der Waals surface area contributed by atoms with Crippen molar-refractivity contribution in [3.63, 3.8) is 0 Å². The van der Waals surface area contributed by atoms with Gasteiger partial charge in [-0.1, -0.05) is 41.7 Å². The van der Waals surface area contributed by atoms with E-state index in [1.165, 1.54) is 11.3 Å². The molecular formula is C16H14N4O5S. The number of carbonyl (C=O) groups is 4. The van der Waals surface area contributed by atoms with Crippen molar-refractivity contribution in [3.8, 4) is 10.6 Å². The van der Waals surface area contributed by atoms with Crippen LogP contribution in [0.15, 0.2) is 30.3 Å². The van der Waals surface area contributed by atoms with Gasteiger partial charge in [-0.2, -0.15) is 0 Å². The number of likely N-dealkylation sites (tertiary alicyclic amines) is 1. The molecule has 10 heteroatoms. The van der Waals surface area contributed by atoms with Gasteiger partial charge >= 0.3 is 5.97 Å². The number of hydrogen-bond donors (Lipinski definition) is 1. The zero-order valence-electron chi connectivity index (χ0n) is 13.5. The number of hydrogen-bond acceptors (Lipinski definition) is 8. The van der Waals surface area contributed by atoms with E-state index in [-0.39, 0.29) is 18.0 Å². The van der Waals surface area contributed by atoms with Gasteiger partial charge in [0.25, 0.3) is 5.91 Å². The van der Waals surface area contributed by atoms with Gasteiger partial charge in [0, 0.05) is 18.4 Å². The normalized spacial score (nSPS) is 13.8. The molecule has 3 amide bonds. The number of nitrogens with zero attached hydrogens (tertiary/aromatic N) is 3. The van der Waals surface area contributed by atoms with Gasteiger partial charge in [-0.25, -0.2) is 0 Å². The summed E-state index contributed by atoms with van der Waals surface area (Å²) in [4.78, 5) is 47.2. The van der Waals surface area contributed by atoms with Crippen LogP contribution in [-0.4, -0.2) is 51.9 Å². The molecule has 1 saturated heterocycles. The van der Waals surface area contributed by atoms with Crippen LogP contribution in [0.4, 0.5) is 5.13 Å². The molecule has 0 unspecified atom stereocenters. The van der Waals surface area contributed by atoms with Crippen molar-refractivity contribution in [2.75, 3.05) is 18.5 Å². The molecular weight excluding hydrogens is 360 g/mol. The predicted octanol–water partition coefficient (Wildman–Crippen LogP) is 0.836. The molecule has 0 aliphatic carbocycles. The molecule has 1 aliphatic heterocycles. The Kier molecular flexibility index (Phi) is 5.32. The van der Waals surface area contributed by atoms with Crippen LogP contribution in [0.5, 0.6) is 0 Å². The van der Waals surface area contributed by atoms with Crippen molar-refractivity contribution in [2.45, 2.75) is 12.8 Å². The molecule has 0 saturated carbocycles. The van der Waals surface area contributed by atoms with Gasteiger partial charge in [-0.15, -0.1) is 10.2 Å². The van der Waals surface area contributed by atoms with Crippen molar-refractivity contribution in [3.05, 3.63) is 30.3 Å². The highest BCUT2D eigenvalue weighted by Crippen LogP contribution is 2.25. The number of imide groups is 1. The Morgan fingerprint density at radius 1 is 1.12 bits per heavy atom. The molecule has 2 aromatic rings. The highest BCUT2D eigenvalue weighted by atomic mass is 32.1. The molecule has 134 valence electrons. The van der Waals surface area contributed by atoms with Crippen LogP contribution in [0.3, 0.4) is 0 Å². The monoisotopic (exact) mass is 374 g/mol. The fourth-order valence-electron chi connectivity index (χ4n) is 2.25. The average molecular weight is 374 g/mol. The molecule has 9 nitrogen and oxygen atoms in total. The fraction of sp³-hybridized carbons (Fsp3) is 0.250. The lowest BCUT2D eigenvalue weighted by Crippen LogP contribution is -2.36. The highest BCUT2D eigenvalue weighted by molar-refractivity contribution is 7.18. The maximum absolute atomic E-state index is 11.8. The van der Waals surface area contributed by atoms with Crippen LogP contribution in [0.1, 0.15) is 12.8 Å². The Labute approximate surface area is 152 Å². The number of amides is 3. The lowest BCUT2D eigenvalue weighted by molar-refractivity contribution is -0.153. The zero-order valence-corrected chi connectivity index (χ0v) is 14.3. The molecule has 1 aliphatic rings. The Morgan fingerprint density at radius 3 is 2.50 bits per heavy atom. The van der Waals surface area contributed by atoms with Gasteiger partial charge in [-0.3, -0.25) is 29.4 Å². The second-order valence-electron chi connectivity index (χ2n) is 5.36. The zero-order chi connectivity index (χ0) is 18.5. The summed E-state index contributed by atoms with van der Waals surface area (Å²) >= 11 is 1.18. The summed E-state index contributed by atoms with van der Waals surface area (Å²) in [6, 6.07) is 9.35. The van der Waals surface area contributed by atoms with Crippen LogP contribution < -0.4 is 5.32 Å². The third-order valence-electron chi connectivity index (χ3n) is 3.50. The molecule has 2 heterocycles. The van der Waals surface area contributed by atoms with E-state index in [2.05, 4.69) is 15.5 Å². The first kappa shape index (κ1) is 17.7. The predicted molar refractivity (Wildman–Crippen MR) is 90.9 cm³/mol. The quantitative estimate of drug-likeness (QED) is 0.588. The number of ether oxygens (including phenoxy) is 1. The summed E-state index contributed by atoms with van der Waals surface area (Å²) in [5.74, 6) is -2.25. The fourth-order valence-corrected chi connectivity index (χ4v) is 3.01. The van der Waals surface area contributed by atoms with Gasteiger partial charge < -0.3 is 4.74 Å².